The van der Waals surface area contributed by atoms with E-state index in [0.29, 0.717) is 17.9 Å². The van der Waals surface area contributed by atoms with E-state index in [4.69, 9.17) is 11.6 Å². The number of unbranched alkanes of at least 4 members (excludes halogenated alkanes) is 1. The van der Waals surface area contributed by atoms with Gasteiger partial charge < -0.3 is 10.2 Å². The molecule has 0 saturated carbocycles. The van der Waals surface area contributed by atoms with Crippen molar-refractivity contribution in [3.8, 4) is 0 Å². The summed E-state index contributed by atoms with van der Waals surface area (Å²) in [5.41, 5.74) is 0. The lowest BCUT2D eigenvalue weighted by molar-refractivity contribution is 0.560. The maximum Gasteiger partial charge on any atom is 0.230 e. The summed E-state index contributed by atoms with van der Waals surface area (Å²) < 4.78 is 0. The van der Waals surface area contributed by atoms with Crippen molar-refractivity contribution >= 4 is 23.5 Å². The van der Waals surface area contributed by atoms with E-state index in [0.717, 1.165) is 19.3 Å². The Kier molecular flexibility index (Phi) is 6.84. The van der Waals surface area contributed by atoms with Crippen molar-refractivity contribution in [3.63, 3.8) is 0 Å². The molecule has 0 aliphatic rings. The third kappa shape index (κ3) is 5.59. The number of nitrogens with zero attached hydrogens (tertiary/aromatic N) is 4. The van der Waals surface area contributed by atoms with Crippen LogP contribution in [0, 0.1) is 0 Å². The molecule has 0 aliphatic carbocycles. The second kappa shape index (κ2) is 8.15. The highest BCUT2D eigenvalue weighted by Crippen LogP contribution is 2.16. The van der Waals surface area contributed by atoms with Crippen molar-refractivity contribution in [1.82, 2.24) is 15.0 Å². The van der Waals surface area contributed by atoms with Crippen molar-refractivity contribution in [1.29, 1.82) is 0 Å². The zero-order valence-corrected chi connectivity index (χ0v) is 13.0. The van der Waals surface area contributed by atoms with Crippen molar-refractivity contribution < 1.29 is 0 Å². The van der Waals surface area contributed by atoms with Crippen molar-refractivity contribution in [2.24, 2.45) is 0 Å². The number of aromatic nitrogens is 3. The molecule has 1 heterocycles. The summed E-state index contributed by atoms with van der Waals surface area (Å²) in [6.45, 7) is 4.39. The predicted molar refractivity (Wildman–Crippen MR) is 81.0 cm³/mol. The van der Waals surface area contributed by atoms with E-state index in [1.54, 1.807) is 0 Å². The smallest absolute Gasteiger partial charge is 0.230 e. The fourth-order valence-corrected chi connectivity index (χ4v) is 2.03. The summed E-state index contributed by atoms with van der Waals surface area (Å²) in [6.07, 6.45) is 5.78. The normalized spacial score (nSPS) is 12.3. The van der Waals surface area contributed by atoms with Gasteiger partial charge in [0.25, 0.3) is 0 Å². The molecule has 5 nitrogen and oxygen atoms in total. The van der Waals surface area contributed by atoms with Crippen LogP contribution in [0.15, 0.2) is 0 Å². The highest BCUT2D eigenvalue weighted by Gasteiger charge is 2.11. The first-order chi connectivity index (χ1) is 9.06. The van der Waals surface area contributed by atoms with Crippen molar-refractivity contribution in [3.05, 3.63) is 5.28 Å². The number of anilines is 2. The molecule has 1 atom stereocenters. The Bertz CT molecular complexity index is 383. The average Bonchev–Trinajstić information content (AvgIpc) is 2.35. The molecule has 6 heteroatoms. The number of halogens is 1. The maximum atomic E-state index is 5.93. The minimum atomic E-state index is 0.229. The van der Waals surface area contributed by atoms with Crippen molar-refractivity contribution in [2.45, 2.75) is 52.0 Å². The highest BCUT2D eigenvalue weighted by molar-refractivity contribution is 6.28. The number of hydrogen-bond acceptors (Lipinski definition) is 5. The first-order valence-electron chi connectivity index (χ1n) is 6.92. The molecule has 108 valence electrons. The highest BCUT2D eigenvalue weighted by atomic mass is 35.5. The van der Waals surface area contributed by atoms with Crippen LogP contribution < -0.4 is 10.2 Å². The molecule has 19 heavy (non-hydrogen) atoms. The van der Waals surface area contributed by atoms with Crippen LogP contribution in [0.25, 0.3) is 0 Å². The Morgan fingerprint density at radius 1 is 1.11 bits per heavy atom. The van der Waals surface area contributed by atoms with Crippen LogP contribution in [0.2, 0.25) is 5.28 Å². The summed E-state index contributed by atoms with van der Waals surface area (Å²) in [5, 5.41) is 3.61. The molecule has 0 bridgehead atoms. The standard InChI is InChI=1S/C13H24ClN5/c1-5-7-9-10(8-6-2)15-12-16-11(14)17-13(18-12)19(3)4/h10H,5-9H2,1-4H3,(H,15,16,17,18). The van der Waals surface area contributed by atoms with Crippen molar-refractivity contribution in [2.75, 3.05) is 24.3 Å². The Hall–Kier alpha value is -1.10. The molecule has 1 rings (SSSR count). The SMILES string of the molecule is CCCCC(CCC)Nc1nc(Cl)nc(N(C)C)n1. The zero-order chi connectivity index (χ0) is 14.3. The Morgan fingerprint density at radius 3 is 2.42 bits per heavy atom. The van der Waals surface area contributed by atoms with Gasteiger partial charge in [0.1, 0.15) is 0 Å². The molecule has 1 unspecified atom stereocenters. The molecular weight excluding hydrogens is 262 g/mol. The van der Waals surface area contributed by atoms with Gasteiger partial charge in [-0.25, -0.2) is 0 Å². The summed E-state index contributed by atoms with van der Waals surface area (Å²) in [7, 11) is 3.77. The van der Waals surface area contributed by atoms with Crippen LogP contribution in [-0.4, -0.2) is 35.1 Å². The summed E-state index contributed by atoms with van der Waals surface area (Å²) in [6, 6.07) is 0.401. The lowest BCUT2D eigenvalue weighted by atomic mass is 10.1. The molecule has 0 aromatic carbocycles. The lowest BCUT2D eigenvalue weighted by Gasteiger charge is -2.19. The quantitative estimate of drug-likeness (QED) is 0.794. The molecule has 0 radical (unpaired) electrons. The minimum Gasteiger partial charge on any atom is -0.351 e. The van der Waals surface area contributed by atoms with E-state index in [-0.39, 0.29) is 5.28 Å². The van der Waals surface area contributed by atoms with Gasteiger partial charge in [-0.15, -0.1) is 0 Å². The molecule has 0 fully saturated rings. The van der Waals surface area contributed by atoms with Gasteiger partial charge in [-0.3, -0.25) is 0 Å². The van der Waals surface area contributed by atoms with E-state index < -0.39 is 0 Å². The first-order valence-corrected chi connectivity index (χ1v) is 7.30. The Balaban J connectivity index is 2.77. The number of rotatable bonds is 8. The molecular formula is C13H24ClN5. The van der Waals surface area contributed by atoms with Crippen LogP contribution in [0.1, 0.15) is 46.0 Å². The van der Waals surface area contributed by atoms with Gasteiger partial charge in [-0.2, -0.15) is 15.0 Å². The molecule has 1 aromatic heterocycles. The van der Waals surface area contributed by atoms with Gasteiger partial charge in [0.05, 0.1) is 0 Å². The van der Waals surface area contributed by atoms with Gasteiger partial charge in [-0.05, 0) is 24.4 Å². The molecule has 0 saturated heterocycles. The number of nitrogens with one attached hydrogen (secondary N) is 1. The second-order valence-corrected chi connectivity index (χ2v) is 5.23. The Labute approximate surface area is 120 Å². The average molecular weight is 286 g/mol. The number of hydrogen-bond donors (Lipinski definition) is 1. The van der Waals surface area contributed by atoms with E-state index in [9.17, 15) is 0 Å². The Morgan fingerprint density at radius 2 is 1.84 bits per heavy atom. The second-order valence-electron chi connectivity index (χ2n) is 4.89. The molecule has 0 amide bonds. The van der Waals surface area contributed by atoms with E-state index >= 15 is 0 Å². The van der Waals surface area contributed by atoms with Crippen LogP contribution in [0.5, 0.6) is 0 Å². The molecule has 0 spiro atoms. The van der Waals surface area contributed by atoms with E-state index in [1.165, 1.54) is 12.8 Å². The molecule has 1 aromatic rings. The fourth-order valence-electron chi connectivity index (χ4n) is 1.87. The van der Waals surface area contributed by atoms with Crippen LogP contribution in [0.4, 0.5) is 11.9 Å². The zero-order valence-electron chi connectivity index (χ0n) is 12.3. The van der Waals surface area contributed by atoms with Gasteiger partial charge in [-0.1, -0.05) is 33.1 Å². The third-order valence-corrected chi connectivity index (χ3v) is 3.04. The van der Waals surface area contributed by atoms with Crippen LogP contribution in [-0.2, 0) is 0 Å². The predicted octanol–water partition coefficient (Wildman–Crippen LogP) is 3.36. The lowest BCUT2D eigenvalue weighted by Crippen LogP contribution is -2.22. The third-order valence-electron chi connectivity index (χ3n) is 2.87. The minimum absolute atomic E-state index is 0.229. The van der Waals surface area contributed by atoms with Gasteiger partial charge in [0.2, 0.25) is 17.2 Å². The van der Waals surface area contributed by atoms with E-state index in [1.807, 2.05) is 19.0 Å². The summed E-state index contributed by atoms with van der Waals surface area (Å²) >= 11 is 5.93. The fraction of sp³-hybridized carbons (Fsp3) is 0.769. The van der Waals surface area contributed by atoms with Gasteiger partial charge in [0, 0.05) is 20.1 Å². The van der Waals surface area contributed by atoms with E-state index in [2.05, 4.69) is 34.1 Å². The topological polar surface area (TPSA) is 53.9 Å². The first kappa shape index (κ1) is 16.0. The van der Waals surface area contributed by atoms with Gasteiger partial charge in [0.15, 0.2) is 0 Å². The summed E-state index contributed by atoms with van der Waals surface area (Å²) in [5.74, 6) is 1.14. The van der Waals surface area contributed by atoms with Gasteiger partial charge >= 0.3 is 0 Å². The van der Waals surface area contributed by atoms with Crippen LogP contribution in [0.3, 0.4) is 0 Å². The monoisotopic (exact) mass is 285 g/mol. The largest absolute Gasteiger partial charge is 0.351 e. The summed E-state index contributed by atoms with van der Waals surface area (Å²) in [4.78, 5) is 14.4. The molecule has 1 N–H and O–H groups in total. The van der Waals surface area contributed by atoms with Crippen LogP contribution >= 0.6 is 11.6 Å². The molecule has 0 aliphatic heterocycles. The maximum absolute atomic E-state index is 5.93.